The lowest BCUT2D eigenvalue weighted by molar-refractivity contribution is 0.0758. The quantitative estimate of drug-likeness (QED) is 0.700. The standard InChI is InChI=1S/C21H32N2O3/c24-17-21(10-2-1-3-11-21)22-20(25)18-8-6-9-19(16-18)26-15-7-14-23-12-4-5-13-23/h6,8-9,16,24H,1-5,7,10-15,17H2,(H,22,25). The number of nitrogens with one attached hydrogen (secondary N) is 1. The zero-order chi connectivity index (χ0) is 18.2. The van der Waals surface area contributed by atoms with Gasteiger partial charge in [0.1, 0.15) is 5.75 Å². The molecule has 0 atom stereocenters. The molecule has 1 heterocycles. The zero-order valence-corrected chi connectivity index (χ0v) is 15.7. The SMILES string of the molecule is O=C(NC1(CO)CCCCC1)c1cccc(OCCCN2CCCC2)c1. The van der Waals surface area contributed by atoms with E-state index in [0.717, 1.165) is 44.4 Å². The number of aliphatic hydroxyl groups is 1. The van der Waals surface area contributed by atoms with Gasteiger partial charge in [-0.3, -0.25) is 4.79 Å². The van der Waals surface area contributed by atoms with E-state index in [4.69, 9.17) is 4.74 Å². The Hall–Kier alpha value is -1.59. The second-order valence-corrected chi connectivity index (χ2v) is 7.73. The molecule has 1 aliphatic carbocycles. The number of rotatable bonds is 8. The van der Waals surface area contributed by atoms with Crippen LogP contribution in [0.5, 0.6) is 5.75 Å². The van der Waals surface area contributed by atoms with Crippen LogP contribution in [-0.4, -0.2) is 54.3 Å². The summed E-state index contributed by atoms with van der Waals surface area (Å²) in [4.78, 5) is 15.1. The lowest BCUT2D eigenvalue weighted by Gasteiger charge is -2.36. The van der Waals surface area contributed by atoms with Crippen molar-refractivity contribution in [2.75, 3.05) is 32.8 Å². The Balaban J connectivity index is 1.50. The topological polar surface area (TPSA) is 61.8 Å². The van der Waals surface area contributed by atoms with Gasteiger partial charge in [-0.15, -0.1) is 0 Å². The van der Waals surface area contributed by atoms with Crippen LogP contribution in [0, 0.1) is 0 Å². The van der Waals surface area contributed by atoms with E-state index < -0.39 is 5.54 Å². The molecule has 2 fully saturated rings. The van der Waals surface area contributed by atoms with Crippen LogP contribution in [-0.2, 0) is 0 Å². The van der Waals surface area contributed by atoms with Gasteiger partial charge in [-0.25, -0.2) is 0 Å². The molecule has 0 bridgehead atoms. The summed E-state index contributed by atoms with van der Waals surface area (Å²) in [6.45, 7) is 4.18. The van der Waals surface area contributed by atoms with Crippen LogP contribution in [0.25, 0.3) is 0 Å². The van der Waals surface area contributed by atoms with Gasteiger partial charge in [0, 0.05) is 12.1 Å². The van der Waals surface area contributed by atoms with Crippen LogP contribution in [0.2, 0.25) is 0 Å². The first kappa shape index (κ1) is 19.2. The Bertz CT molecular complexity index is 578. The fourth-order valence-corrected chi connectivity index (χ4v) is 4.08. The zero-order valence-electron chi connectivity index (χ0n) is 15.7. The number of carbonyl (C=O) groups is 1. The van der Waals surface area contributed by atoms with Crippen LogP contribution < -0.4 is 10.1 Å². The molecule has 5 heteroatoms. The molecule has 5 nitrogen and oxygen atoms in total. The number of carbonyl (C=O) groups excluding carboxylic acids is 1. The molecule has 0 unspecified atom stereocenters. The molecule has 144 valence electrons. The summed E-state index contributed by atoms with van der Waals surface area (Å²) < 4.78 is 5.84. The normalized spacial score (nSPS) is 20.0. The van der Waals surface area contributed by atoms with Crippen molar-refractivity contribution in [2.24, 2.45) is 0 Å². The van der Waals surface area contributed by atoms with Crippen molar-refractivity contribution < 1.29 is 14.6 Å². The van der Waals surface area contributed by atoms with Crippen molar-refractivity contribution >= 4 is 5.91 Å². The molecular weight excluding hydrogens is 328 g/mol. The summed E-state index contributed by atoms with van der Waals surface area (Å²) in [6.07, 6.45) is 8.62. The number of amides is 1. The number of likely N-dealkylation sites (tertiary alicyclic amines) is 1. The third kappa shape index (κ3) is 5.21. The number of aliphatic hydroxyl groups excluding tert-OH is 1. The highest BCUT2D eigenvalue weighted by atomic mass is 16.5. The lowest BCUT2D eigenvalue weighted by atomic mass is 9.82. The average molecular weight is 360 g/mol. The second-order valence-electron chi connectivity index (χ2n) is 7.73. The number of ether oxygens (including phenoxy) is 1. The van der Waals surface area contributed by atoms with Crippen molar-refractivity contribution in [3.63, 3.8) is 0 Å². The van der Waals surface area contributed by atoms with Gasteiger partial charge in [-0.05, 0) is 63.4 Å². The molecule has 2 N–H and O–H groups in total. The summed E-state index contributed by atoms with van der Waals surface area (Å²) >= 11 is 0. The Morgan fingerprint density at radius 2 is 1.92 bits per heavy atom. The molecule has 1 amide bonds. The summed E-state index contributed by atoms with van der Waals surface area (Å²) in [6, 6.07) is 7.37. The molecule has 1 aromatic carbocycles. The summed E-state index contributed by atoms with van der Waals surface area (Å²) in [5.41, 5.74) is 0.141. The summed E-state index contributed by atoms with van der Waals surface area (Å²) in [7, 11) is 0. The number of benzene rings is 1. The maximum atomic E-state index is 12.6. The molecule has 0 aromatic heterocycles. The number of hydrogen-bond donors (Lipinski definition) is 2. The molecule has 26 heavy (non-hydrogen) atoms. The molecular formula is C21H32N2O3. The first-order valence-corrected chi connectivity index (χ1v) is 10.1. The van der Waals surface area contributed by atoms with E-state index in [1.165, 1.54) is 32.4 Å². The van der Waals surface area contributed by atoms with E-state index >= 15 is 0 Å². The van der Waals surface area contributed by atoms with Crippen molar-refractivity contribution in [2.45, 2.75) is 56.9 Å². The fourth-order valence-electron chi connectivity index (χ4n) is 4.08. The maximum absolute atomic E-state index is 12.6. The van der Waals surface area contributed by atoms with E-state index in [9.17, 15) is 9.90 Å². The predicted octanol–water partition coefficient (Wildman–Crippen LogP) is 2.98. The summed E-state index contributed by atoms with van der Waals surface area (Å²) in [5, 5.41) is 12.9. The van der Waals surface area contributed by atoms with E-state index in [1.807, 2.05) is 12.1 Å². The van der Waals surface area contributed by atoms with Gasteiger partial charge >= 0.3 is 0 Å². The molecule has 0 radical (unpaired) electrons. The highest BCUT2D eigenvalue weighted by molar-refractivity contribution is 5.95. The minimum Gasteiger partial charge on any atom is -0.494 e. The van der Waals surface area contributed by atoms with E-state index in [2.05, 4.69) is 10.2 Å². The number of nitrogens with zero attached hydrogens (tertiary/aromatic N) is 1. The van der Waals surface area contributed by atoms with E-state index in [0.29, 0.717) is 12.2 Å². The third-order valence-corrected chi connectivity index (χ3v) is 5.67. The minimum atomic E-state index is -0.456. The van der Waals surface area contributed by atoms with Gasteiger partial charge in [0.2, 0.25) is 0 Å². The fraction of sp³-hybridized carbons (Fsp3) is 0.667. The Morgan fingerprint density at radius 1 is 1.15 bits per heavy atom. The van der Waals surface area contributed by atoms with Crippen LogP contribution >= 0.6 is 0 Å². The number of hydrogen-bond acceptors (Lipinski definition) is 4. The van der Waals surface area contributed by atoms with Crippen molar-refractivity contribution in [1.29, 1.82) is 0 Å². The van der Waals surface area contributed by atoms with Crippen LogP contribution in [0.3, 0.4) is 0 Å². The molecule has 1 aromatic rings. The molecule has 1 aliphatic heterocycles. The van der Waals surface area contributed by atoms with Gasteiger partial charge in [-0.2, -0.15) is 0 Å². The van der Waals surface area contributed by atoms with Gasteiger partial charge in [0.15, 0.2) is 0 Å². The first-order chi connectivity index (χ1) is 12.7. The van der Waals surface area contributed by atoms with Gasteiger partial charge in [0.05, 0.1) is 18.8 Å². The third-order valence-electron chi connectivity index (χ3n) is 5.67. The predicted molar refractivity (Wildman–Crippen MR) is 103 cm³/mol. The van der Waals surface area contributed by atoms with Crippen molar-refractivity contribution in [3.8, 4) is 5.75 Å². The highest BCUT2D eigenvalue weighted by Gasteiger charge is 2.33. The van der Waals surface area contributed by atoms with Crippen LogP contribution in [0.15, 0.2) is 24.3 Å². The Kier molecular flexibility index (Phi) is 6.92. The monoisotopic (exact) mass is 360 g/mol. The smallest absolute Gasteiger partial charge is 0.251 e. The Labute approximate surface area is 156 Å². The second kappa shape index (κ2) is 9.38. The average Bonchev–Trinajstić information content (AvgIpc) is 3.20. The summed E-state index contributed by atoms with van der Waals surface area (Å²) in [5.74, 6) is 0.615. The lowest BCUT2D eigenvalue weighted by Crippen LogP contribution is -2.52. The molecule has 3 rings (SSSR count). The first-order valence-electron chi connectivity index (χ1n) is 10.1. The minimum absolute atomic E-state index is 0.00539. The van der Waals surface area contributed by atoms with Crippen molar-refractivity contribution in [1.82, 2.24) is 10.2 Å². The maximum Gasteiger partial charge on any atom is 0.251 e. The molecule has 1 saturated carbocycles. The highest BCUT2D eigenvalue weighted by Crippen LogP contribution is 2.28. The molecule has 0 spiro atoms. The van der Waals surface area contributed by atoms with Gasteiger partial charge in [0.25, 0.3) is 5.91 Å². The van der Waals surface area contributed by atoms with E-state index in [1.54, 1.807) is 12.1 Å². The van der Waals surface area contributed by atoms with Crippen LogP contribution in [0.1, 0.15) is 61.7 Å². The molecule has 1 saturated heterocycles. The van der Waals surface area contributed by atoms with Gasteiger partial charge in [-0.1, -0.05) is 25.3 Å². The Morgan fingerprint density at radius 3 is 2.65 bits per heavy atom. The van der Waals surface area contributed by atoms with Crippen molar-refractivity contribution in [3.05, 3.63) is 29.8 Å². The largest absolute Gasteiger partial charge is 0.494 e. The molecule has 2 aliphatic rings. The van der Waals surface area contributed by atoms with Gasteiger partial charge < -0.3 is 20.1 Å². The van der Waals surface area contributed by atoms with E-state index in [-0.39, 0.29) is 12.5 Å². The van der Waals surface area contributed by atoms with Crippen LogP contribution in [0.4, 0.5) is 0 Å².